The lowest BCUT2D eigenvalue weighted by Crippen LogP contribution is -1.99. The van der Waals surface area contributed by atoms with Crippen LogP contribution in [0.4, 0.5) is 4.39 Å². The maximum absolute atomic E-state index is 12.7. The molecule has 0 bridgehead atoms. The van der Waals surface area contributed by atoms with Gasteiger partial charge in [0.1, 0.15) is 18.0 Å². The summed E-state index contributed by atoms with van der Waals surface area (Å²) >= 11 is 0. The van der Waals surface area contributed by atoms with Crippen molar-refractivity contribution in [3.8, 4) is 11.5 Å². The molecule has 1 N–H and O–H groups in total. The second kappa shape index (κ2) is 4.37. The monoisotopic (exact) mass is 235 g/mol. The average Bonchev–Trinajstić information content (AvgIpc) is 2.60. The number of carboxylic acids is 1. The van der Waals surface area contributed by atoms with E-state index in [9.17, 15) is 9.18 Å². The molecule has 17 heavy (non-hydrogen) atoms. The summed E-state index contributed by atoms with van der Waals surface area (Å²) in [5.41, 5.74) is 1.15. The van der Waals surface area contributed by atoms with Crippen molar-refractivity contribution in [2.24, 2.45) is 0 Å². The Bertz CT molecular complexity index is 545. The highest BCUT2D eigenvalue weighted by Crippen LogP contribution is 2.22. The molecule has 0 unspecified atom stereocenters. The number of carboxylic acid groups (broad SMARTS) is 1. The maximum Gasteiger partial charge on any atom is 0.311 e. The topological polar surface area (TPSA) is 63.3 Å². The first-order valence-electron chi connectivity index (χ1n) is 5.00. The van der Waals surface area contributed by atoms with E-state index in [4.69, 9.17) is 9.52 Å². The molecule has 1 heterocycles. The molecule has 0 saturated carbocycles. The molecule has 0 atom stereocenters. The molecule has 0 saturated heterocycles. The first-order valence-corrected chi connectivity index (χ1v) is 5.00. The fraction of sp³-hybridized carbons (Fsp3) is 0.167. The Morgan fingerprint density at radius 1 is 1.41 bits per heavy atom. The predicted molar refractivity (Wildman–Crippen MR) is 58.0 cm³/mol. The van der Waals surface area contributed by atoms with Crippen molar-refractivity contribution in [2.45, 2.75) is 13.3 Å². The standard InChI is InChI=1S/C12H10FNO3/c1-7-10(6-11(15)16)17-12(14-7)8-2-4-9(13)5-3-8/h2-5H,6H2,1H3,(H,15,16). The minimum atomic E-state index is -0.977. The van der Waals surface area contributed by atoms with Crippen LogP contribution < -0.4 is 0 Å². The summed E-state index contributed by atoms with van der Waals surface area (Å²) in [5, 5.41) is 8.67. The van der Waals surface area contributed by atoms with Gasteiger partial charge in [0.2, 0.25) is 5.89 Å². The highest BCUT2D eigenvalue weighted by atomic mass is 19.1. The summed E-state index contributed by atoms with van der Waals surface area (Å²) < 4.78 is 18.1. The van der Waals surface area contributed by atoms with Gasteiger partial charge in [0.25, 0.3) is 0 Å². The number of halogens is 1. The fourth-order valence-electron chi connectivity index (χ4n) is 1.45. The van der Waals surface area contributed by atoms with Crippen LogP contribution >= 0.6 is 0 Å². The van der Waals surface area contributed by atoms with Gasteiger partial charge in [-0.3, -0.25) is 4.79 Å². The van der Waals surface area contributed by atoms with Crippen LogP contribution in [0.25, 0.3) is 11.5 Å². The quantitative estimate of drug-likeness (QED) is 0.887. The van der Waals surface area contributed by atoms with Gasteiger partial charge in [-0.1, -0.05) is 0 Å². The third kappa shape index (κ3) is 2.50. The van der Waals surface area contributed by atoms with Gasteiger partial charge in [0.05, 0.1) is 5.69 Å². The van der Waals surface area contributed by atoms with Crippen LogP contribution in [0.2, 0.25) is 0 Å². The van der Waals surface area contributed by atoms with Crippen LogP contribution in [0.1, 0.15) is 11.5 Å². The lowest BCUT2D eigenvalue weighted by Gasteiger charge is -1.94. The van der Waals surface area contributed by atoms with E-state index in [2.05, 4.69) is 4.98 Å². The van der Waals surface area contributed by atoms with E-state index in [1.807, 2.05) is 0 Å². The molecule has 2 rings (SSSR count). The third-order valence-corrected chi connectivity index (χ3v) is 2.30. The van der Waals surface area contributed by atoms with Crippen LogP contribution in [0, 0.1) is 12.7 Å². The zero-order valence-electron chi connectivity index (χ0n) is 9.11. The molecule has 1 aromatic heterocycles. The number of oxazole rings is 1. The van der Waals surface area contributed by atoms with Crippen molar-refractivity contribution in [2.75, 3.05) is 0 Å². The number of carbonyl (C=O) groups is 1. The number of aryl methyl sites for hydroxylation is 1. The smallest absolute Gasteiger partial charge is 0.311 e. The molecule has 0 aliphatic rings. The van der Waals surface area contributed by atoms with Crippen LogP contribution in [-0.4, -0.2) is 16.1 Å². The first kappa shape index (κ1) is 11.3. The average molecular weight is 235 g/mol. The van der Waals surface area contributed by atoms with Crippen LogP contribution in [0.5, 0.6) is 0 Å². The molecule has 0 amide bonds. The number of rotatable bonds is 3. The lowest BCUT2D eigenvalue weighted by atomic mass is 10.2. The Morgan fingerprint density at radius 2 is 2.06 bits per heavy atom. The van der Waals surface area contributed by atoms with Gasteiger partial charge < -0.3 is 9.52 Å². The number of nitrogens with zero attached hydrogens (tertiary/aromatic N) is 1. The summed E-state index contributed by atoms with van der Waals surface area (Å²) in [5.74, 6) is -0.701. The normalized spacial score (nSPS) is 10.5. The molecule has 1 aromatic carbocycles. The largest absolute Gasteiger partial charge is 0.481 e. The Morgan fingerprint density at radius 3 is 2.65 bits per heavy atom. The molecule has 88 valence electrons. The second-order valence-electron chi connectivity index (χ2n) is 3.61. The van der Waals surface area contributed by atoms with Crippen molar-refractivity contribution >= 4 is 5.97 Å². The molecule has 0 aliphatic heterocycles. The minimum Gasteiger partial charge on any atom is -0.481 e. The summed E-state index contributed by atoms with van der Waals surface area (Å²) in [6, 6.07) is 5.66. The van der Waals surface area contributed by atoms with Crippen molar-refractivity contribution in [1.29, 1.82) is 0 Å². The SMILES string of the molecule is Cc1nc(-c2ccc(F)cc2)oc1CC(=O)O. The van der Waals surface area contributed by atoms with E-state index in [0.717, 1.165) is 0 Å². The first-order chi connectivity index (χ1) is 8.06. The van der Waals surface area contributed by atoms with Crippen LogP contribution in [0.3, 0.4) is 0 Å². The van der Waals surface area contributed by atoms with Gasteiger partial charge in [-0.15, -0.1) is 0 Å². The van der Waals surface area contributed by atoms with Gasteiger partial charge in [0, 0.05) is 5.56 Å². The summed E-state index contributed by atoms with van der Waals surface area (Å²) in [4.78, 5) is 14.7. The fourth-order valence-corrected chi connectivity index (χ4v) is 1.45. The lowest BCUT2D eigenvalue weighted by molar-refractivity contribution is -0.136. The van der Waals surface area contributed by atoms with Gasteiger partial charge in [-0.2, -0.15) is 0 Å². The molecule has 5 heteroatoms. The van der Waals surface area contributed by atoms with Crippen LogP contribution in [-0.2, 0) is 11.2 Å². The highest BCUT2D eigenvalue weighted by molar-refractivity contribution is 5.70. The van der Waals surface area contributed by atoms with E-state index in [1.54, 1.807) is 6.92 Å². The zero-order chi connectivity index (χ0) is 12.4. The van der Waals surface area contributed by atoms with E-state index < -0.39 is 5.97 Å². The Balaban J connectivity index is 2.34. The molecule has 0 radical (unpaired) electrons. The Hall–Kier alpha value is -2.17. The van der Waals surface area contributed by atoms with Gasteiger partial charge >= 0.3 is 5.97 Å². The summed E-state index contributed by atoms with van der Waals surface area (Å²) in [6.45, 7) is 1.68. The van der Waals surface area contributed by atoms with Crippen molar-refractivity contribution in [1.82, 2.24) is 4.98 Å². The van der Waals surface area contributed by atoms with Gasteiger partial charge in [-0.25, -0.2) is 9.37 Å². The predicted octanol–water partition coefficient (Wildman–Crippen LogP) is 2.42. The Labute approximate surface area is 96.7 Å². The number of hydrogen-bond donors (Lipinski definition) is 1. The van der Waals surface area contributed by atoms with E-state index in [-0.39, 0.29) is 12.2 Å². The van der Waals surface area contributed by atoms with E-state index in [1.165, 1.54) is 24.3 Å². The molecule has 0 fully saturated rings. The van der Waals surface area contributed by atoms with Gasteiger partial charge in [-0.05, 0) is 31.2 Å². The van der Waals surface area contributed by atoms with Crippen molar-refractivity contribution in [3.05, 3.63) is 41.5 Å². The number of benzene rings is 1. The molecular formula is C12H10FNO3. The number of aromatic nitrogens is 1. The highest BCUT2D eigenvalue weighted by Gasteiger charge is 2.13. The molecule has 2 aromatic rings. The number of hydrogen-bond acceptors (Lipinski definition) is 3. The summed E-state index contributed by atoms with van der Waals surface area (Å²) in [7, 11) is 0. The molecular weight excluding hydrogens is 225 g/mol. The van der Waals surface area contributed by atoms with Crippen molar-refractivity contribution < 1.29 is 18.7 Å². The van der Waals surface area contributed by atoms with E-state index >= 15 is 0 Å². The third-order valence-electron chi connectivity index (χ3n) is 2.30. The van der Waals surface area contributed by atoms with Crippen molar-refractivity contribution in [3.63, 3.8) is 0 Å². The molecule has 4 nitrogen and oxygen atoms in total. The molecule has 0 spiro atoms. The summed E-state index contributed by atoms with van der Waals surface area (Å²) in [6.07, 6.45) is -0.208. The molecule has 0 aliphatic carbocycles. The van der Waals surface area contributed by atoms with E-state index in [0.29, 0.717) is 22.9 Å². The number of aliphatic carboxylic acids is 1. The Kier molecular flexibility index (Phi) is 2.91. The van der Waals surface area contributed by atoms with Gasteiger partial charge in [0.15, 0.2) is 0 Å². The van der Waals surface area contributed by atoms with Crippen LogP contribution in [0.15, 0.2) is 28.7 Å². The maximum atomic E-state index is 12.7. The minimum absolute atomic E-state index is 0.208. The second-order valence-corrected chi connectivity index (χ2v) is 3.61. The zero-order valence-corrected chi connectivity index (χ0v) is 9.11.